The number of nitrogens with one attached hydrogen (secondary N) is 1. The van der Waals surface area contributed by atoms with E-state index < -0.39 is 12.1 Å². The molecule has 5 heteroatoms. The van der Waals surface area contributed by atoms with Crippen LogP contribution >= 0.6 is 0 Å². The molecule has 0 unspecified atom stereocenters. The first-order valence-corrected chi connectivity index (χ1v) is 11.8. The molecule has 2 aromatic carbocycles. The van der Waals surface area contributed by atoms with Gasteiger partial charge in [-0.1, -0.05) is 60.7 Å². The molecule has 0 saturated heterocycles. The van der Waals surface area contributed by atoms with Crippen LogP contribution in [0.3, 0.4) is 0 Å². The average Bonchev–Trinajstić information content (AvgIpc) is 3.17. The van der Waals surface area contributed by atoms with Crippen molar-refractivity contribution in [1.82, 2.24) is 5.32 Å². The molecule has 0 bridgehead atoms. The highest BCUT2D eigenvalue weighted by atomic mass is 16.5. The fraction of sp³-hybridized carbons (Fsp3) is 0.464. The number of ether oxygens (including phenoxy) is 1. The molecule has 0 saturated carbocycles. The predicted octanol–water partition coefficient (Wildman–Crippen LogP) is 4.79. The summed E-state index contributed by atoms with van der Waals surface area (Å²) >= 11 is 0. The van der Waals surface area contributed by atoms with Crippen LogP contribution in [-0.2, 0) is 22.4 Å². The molecule has 3 rings (SSSR count). The molecule has 2 aromatic rings. The van der Waals surface area contributed by atoms with Crippen LogP contribution in [0.25, 0.3) is 6.08 Å². The first-order valence-electron chi connectivity index (χ1n) is 11.8. The highest BCUT2D eigenvalue weighted by Gasteiger charge is 2.28. The number of aliphatic hydroxyl groups excluding tert-OH is 1. The fourth-order valence-corrected chi connectivity index (χ4v) is 4.71. The van der Waals surface area contributed by atoms with Crippen LogP contribution in [0.1, 0.15) is 62.0 Å². The summed E-state index contributed by atoms with van der Waals surface area (Å²) < 4.78 is 5.96. The number of benzene rings is 2. The number of carboxylic acids is 1. The van der Waals surface area contributed by atoms with E-state index in [9.17, 15) is 9.90 Å². The van der Waals surface area contributed by atoms with Crippen LogP contribution in [-0.4, -0.2) is 41.0 Å². The summed E-state index contributed by atoms with van der Waals surface area (Å²) in [6.07, 6.45) is 5.92. The molecule has 1 aliphatic carbocycles. The van der Waals surface area contributed by atoms with Crippen LogP contribution in [0.2, 0.25) is 0 Å². The molecule has 178 valence electrons. The summed E-state index contributed by atoms with van der Waals surface area (Å²) in [5, 5.41) is 22.9. The second kappa shape index (κ2) is 11.6. The Morgan fingerprint density at radius 1 is 1.15 bits per heavy atom. The zero-order chi connectivity index (χ0) is 23.8. The molecule has 0 heterocycles. The SMILES string of the molecule is C[C@@H](OC[C@H](O)CNC(C)(C)CC1Cc2ccccc2C1)c1ccccc1/C=C/CC(=O)O. The number of fused-ring (bicyclic) bond motifs is 1. The van der Waals surface area contributed by atoms with E-state index in [2.05, 4.69) is 43.4 Å². The van der Waals surface area contributed by atoms with E-state index in [1.807, 2.05) is 37.3 Å². The van der Waals surface area contributed by atoms with Gasteiger partial charge in [0.1, 0.15) is 0 Å². The number of hydrogen-bond donors (Lipinski definition) is 3. The van der Waals surface area contributed by atoms with Gasteiger partial charge in [-0.05, 0) is 68.2 Å². The standard InChI is InChI=1S/C28H37NO4/c1-20(26-13-7-6-9-22(26)12-8-14-27(31)32)33-19-25(30)18-29-28(2,3)17-21-15-23-10-4-5-11-24(23)16-21/h4-13,20-21,25,29-30H,14-19H2,1-3H3,(H,31,32)/b12-8+/t20-,25-/m1/s1. The fourth-order valence-electron chi connectivity index (χ4n) is 4.71. The quantitative estimate of drug-likeness (QED) is 0.433. The maximum absolute atomic E-state index is 10.8. The molecule has 3 N–H and O–H groups in total. The maximum atomic E-state index is 10.8. The van der Waals surface area contributed by atoms with E-state index >= 15 is 0 Å². The van der Waals surface area contributed by atoms with Crippen molar-refractivity contribution < 1.29 is 19.7 Å². The van der Waals surface area contributed by atoms with Gasteiger partial charge in [0, 0.05) is 12.1 Å². The first kappa shape index (κ1) is 25.2. The molecule has 0 spiro atoms. The lowest BCUT2D eigenvalue weighted by Crippen LogP contribution is -2.45. The number of carbonyl (C=O) groups is 1. The van der Waals surface area contributed by atoms with Gasteiger partial charge in [-0.25, -0.2) is 0 Å². The molecule has 0 fully saturated rings. The van der Waals surface area contributed by atoms with Crippen LogP contribution in [0, 0.1) is 5.92 Å². The molecule has 33 heavy (non-hydrogen) atoms. The minimum Gasteiger partial charge on any atom is -0.481 e. The summed E-state index contributed by atoms with van der Waals surface area (Å²) in [7, 11) is 0. The van der Waals surface area contributed by atoms with E-state index in [1.165, 1.54) is 11.1 Å². The van der Waals surface area contributed by atoms with Gasteiger partial charge in [0.05, 0.1) is 25.2 Å². The molecule has 0 aromatic heterocycles. The van der Waals surface area contributed by atoms with Crippen molar-refractivity contribution in [2.24, 2.45) is 5.92 Å². The van der Waals surface area contributed by atoms with E-state index in [4.69, 9.17) is 9.84 Å². The van der Waals surface area contributed by atoms with Crippen molar-refractivity contribution in [3.8, 4) is 0 Å². The van der Waals surface area contributed by atoms with E-state index in [-0.39, 0.29) is 24.7 Å². The average molecular weight is 452 g/mol. The van der Waals surface area contributed by atoms with Crippen LogP contribution in [0.4, 0.5) is 0 Å². The normalized spacial score (nSPS) is 16.1. The van der Waals surface area contributed by atoms with Crippen molar-refractivity contribution in [2.75, 3.05) is 13.2 Å². The van der Waals surface area contributed by atoms with Crippen LogP contribution in [0.15, 0.2) is 54.6 Å². The molecular weight excluding hydrogens is 414 g/mol. The highest BCUT2D eigenvalue weighted by molar-refractivity contribution is 5.70. The molecule has 5 nitrogen and oxygen atoms in total. The first-order chi connectivity index (χ1) is 15.7. The highest BCUT2D eigenvalue weighted by Crippen LogP contribution is 2.32. The van der Waals surface area contributed by atoms with Crippen LogP contribution in [0.5, 0.6) is 0 Å². The van der Waals surface area contributed by atoms with Gasteiger partial charge >= 0.3 is 5.97 Å². The summed E-state index contributed by atoms with van der Waals surface area (Å²) in [5.41, 5.74) is 4.77. The number of aliphatic carboxylic acids is 1. The third-order valence-electron chi connectivity index (χ3n) is 6.31. The maximum Gasteiger partial charge on any atom is 0.307 e. The Bertz CT molecular complexity index is 927. The summed E-state index contributed by atoms with van der Waals surface area (Å²) in [4.78, 5) is 10.8. The summed E-state index contributed by atoms with van der Waals surface area (Å²) in [5.74, 6) is -0.229. The smallest absolute Gasteiger partial charge is 0.307 e. The van der Waals surface area contributed by atoms with E-state index in [1.54, 1.807) is 6.08 Å². The zero-order valence-corrected chi connectivity index (χ0v) is 20.0. The van der Waals surface area contributed by atoms with Gasteiger partial charge in [-0.3, -0.25) is 4.79 Å². The minimum atomic E-state index is -0.857. The largest absolute Gasteiger partial charge is 0.481 e. The third kappa shape index (κ3) is 7.81. The Hall–Kier alpha value is -2.47. The van der Waals surface area contributed by atoms with Crippen molar-refractivity contribution >= 4 is 12.0 Å². The van der Waals surface area contributed by atoms with Gasteiger partial charge in [-0.2, -0.15) is 0 Å². The van der Waals surface area contributed by atoms with E-state index in [0.29, 0.717) is 12.5 Å². The summed E-state index contributed by atoms with van der Waals surface area (Å²) in [6, 6.07) is 16.5. The molecule has 0 amide bonds. The molecule has 0 radical (unpaired) electrons. The van der Waals surface area contributed by atoms with Gasteiger partial charge in [0.25, 0.3) is 0 Å². The Morgan fingerprint density at radius 3 is 2.45 bits per heavy atom. The number of carboxylic acid groups (broad SMARTS) is 1. The number of hydrogen-bond acceptors (Lipinski definition) is 4. The number of rotatable bonds is 12. The van der Waals surface area contributed by atoms with Gasteiger partial charge in [-0.15, -0.1) is 0 Å². The Balaban J connectivity index is 1.44. The molecule has 0 aliphatic heterocycles. The van der Waals surface area contributed by atoms with Crippen molar-refractivity contribution in [2.45, 2.75) is 64.2 Å². The van der Waals surface area contributed by atoms with Crippen LogP contribution < -0.4 is 5.32 Å². The zero-order valence-electron chi connectivity index (χ0n) is 20.0. The Kier molecular flexibility index (Phi) is 8.84. The van der Waals surface area contributed by atoms with Gasteiger partial charge in [0.15, 0.2) is 0 Å². The van der Waals surface area contributed by atoms with Crippen molar-refractivity contribution in [3.63, 3.8) is 0 Å². The number of aliphatic hydroxyl groups is 1. The molecular formula is C28H37NO4. The lowest BCUT2D eigenvalue weighted by molar-refractivity contribution is -0.135. The Morgan fingerprint density at radius 2 is 1.79 bits per heavy atom. The van der Waals surface area contributed by atoms with E-state index in [0.717, 1.165) is 30.4 Å². The van der Waals surface area contributed by atoms with Gasteiger partial charge in [0.2, 0.25) is 0 Å². The third-order valence-corrected chi connectivity index (χ3v) is 6.31. The predicted molar refractivity (Wildman–Crippen MR) is 132 cm³/mol. The molecule has 2 atom stereocenters. The van der Waals surface area contributed by atoms with Gasteiger partial charge < -0.3 is 20.3 Å². The Labute approximate surface area is 197 Å². The minimum absolute atomic E-state index is 0.0172. The van der Waals surface area contributed by atoms with Crippen molar-refractivity contribution in [1.29, 1.82) is 0 Å². The lowest BCUT2D eigenvalue weighted by atomic mass is 9.88. The number of β-amino-alcohol motifs (C(OH)–C–C–N with tert-alkyl or cyclic N) is 1. The monoisotopic (exact) mass is 451 g/mol. The molecule has 1 aliphatic rings. The second-order valence-electron chi connectivity index (χ2n) is 9.77. The van der Waals surface area contributed by atoms with Crippen molar-refractivity contribution in [3.05, 3.63) is 76.9 Å². The topological polar surface area (TPSA) is 78.8 Å². The lowest BCUT2D eigenvalue weighted by Gasteiger charge is -2.31. The summed E-state index contributed by atoms with van der Waals surface area (Å²) in [6.45, 7) is 7.05. The second-order valence-corrected chi connectivity index (χ2v) is 9.77.